The Kier molecular flexibility index (Phi) is 3.32. The van der Waals surface area contributed by atoms with Crippen LogP contribution in [0.15, 0.2) is 48.7 Å². The Morgan fingerprint density at radius 1 is 1.12 bits per heavy atom. The van der Waals surface area contributed by atoms with Gasteiger partial charge in [0.25, 0.3) is 0 Å². The van der Waals surface area contributed by atoms with Gasteiger partial charge in [0, 0.05) is 17.8 Å². The van der Waals surface area contributed by atoms with Gasteiger partial charge in [0.15, 0.2) is 0 Å². The second-order valence-corrected chi connectivity index (χ2v) is 4.09. The Bertz CT molecular complexity index is 432. The number of rotatable bonds is 3. The fourth-order valence-corrected chi connectivity index (χ4v) is 1.72. The van der Waals surface area contributed by atoms with Gasteiger partial charge in [-0.25, -0.2) is 0 Å². The first kappa shape index (κ1) is 10.8. The number of nitrogens with two attached hydrogens (primary N) is 1. The van der Waals surface area contributed by atoms with Crippen LogP contribution in [0.2, 0.25) is 0 Å². The van der Waals surface area contributed by atoms with Crippen LogP contribution in [0.1, 0.15) is 12.5 Å². The van der Waals surface area contributed by atoms with Crippen molar-refractivity contribution in [3.8, 4) is 11.3 Å². The summed E-state index contributed by atoms with van der Waals surface area (Å²) in [4.78, 5) is 4.31. The van der Waals surface area contributed by atoms with Crippen molar-refractivity contribution in [2.75, 3.05) is 0 Å². The minimum atomic E-state index is 0.209. The van der Waals surface area contributed by atoms with Crippen LogP contribution in [-0.2, 0) is 6.42 Å². The van der Waals surface area contributed by atoms with Gasteiger partial charge in [0.05, 0.1) is 5.69 Å². The van der Waals surface area contributed by atoms with Crippen LogP contribution in [-0.4, -0.2) is 11.0 Å². The number of hydrogen-bond donors (Lipinski definition) is 1. The Morgan fingerprint density at radius 2 is 1.88 bits per heavy atom. The highest BCUT2D eigenvalue weighted by molar-refractivity contribution is 5.58. The third-order valence-electron chi connectivity index (χ3n) is 2.47. The van der Waals surface area contributed by atoms with E-state index < -0.39 is 0 Å². The molecule has 1 unspecified atom stereocenters. The smallest absolute Gasteiger partial charge is 0.0701 e. The van der Waals surface area contributed by atoms with Crippen LogP contribution in [0.4, 0.5) is 0 Å². The van der Waals surface area contributed by atoms with Gasteiger partial charge in [0.2, 0.25) is 0 Å². The molecule has 0 spiro atoms. The Hall–Kier alpha value is -1.67. The molecule has 16 heavy (non-hydrogen) atoms. The van der Waals surface area contributed by atoms with E-state index in [1.54, 1.807) is 0 Å². The first-order valence-corrected chi connectivity index (χ1v) is 5.51. The fourth-order valence-electron chi connectivity index (χ4n) is 1.72. The lowest BCUT2D eigenvalue weighted by atomic mass is 10.0. The van der Waals surface area contributed by atoms with Crippen LogP contribution < -0.4 is 5.73 Å². The summed E-state index contributed by atoms with van der Waals surface area (Å²) in [5.41, 5.74) is 9.19. The highest BCUT2D eigenvalue weighted by Crippen LogP contribution is 2.17. The summed E-state index contributed by atoms with van der Waals surface area (Å²) in [6, 6.07) is 14.6. The predicted octanol–water partition coefficient (Wildman–Crippen LogP) is 2.64. The Labute approximate surface area is 96.1 Å². The van der Waals surface area contributed by atoms with Gasteiger partial charge in [0.1, 0.15) is 0 Å². The molecule has 0 amide bonds. The summed E-state index contributed by atoms with van der Waals surface area (Å²) >= 11 is 0. The highest BCUT2D eigenvalue weighted by Gasteiger charge is 2.00. The third-order valence-corrected chi connectivity index (χ3v) is 2.47. The van der Waals surface area contributed by atoms with E-state index in [9.17, 15) is 0 Å². The largest absolute Gasteiger partial charge is 0.328 e. The molecular weight excluding hydrogens is 196 g/mol. The normalized spacial score (nSPS) is 12.4. The van der Waals surface area contributed by atoms with E-state index in [2.05, 4.69) is 29.2 Å². The maximum Gasteiger partial charge on any atom is 0.0701 e. The van der Waals surface area contributed by atoms with E-state index in [0.29, 0.717) is 0 Å². The first-order valence-electron chi connectivity index (χ1n) is 5.51. The quantitative estimate of drug-likeness (QED) is 0.849. The lowest BCUT2D eigenvalue weighted by Crippen LogP contribution is -2.17. The highest BCUT2D eigenvalue weighted by atomic mass is 14.7. The summed E-state index contributed by atoms with van der Waals surface area (Å²) in [7, 11) is 0. The lowest BCUT2D eigenvalue weighted by molar-refractivity contribution is 0.738. The van der Waals surface area contributed by atoms with Gasteiger partial charge < -0.3 is 5.73 Å². The van der Waals surface area contributed by atoms with Crippen molar-refractivity contribution in [2.24, 2.45) is 5.73 Å². The maximum atomic E-state index is 5.76. The van der Waals surface area contributed by atoms with Crippen molar-refractivity contribution in [1.82, 2.24) is 4.98 Å². The monoisotopic (exact) mass is 212 g/mol. The molecule has 1 aromatic carbocycles. The van der Waals surface area contributed by atoms with E-state index in [1.807, 2.05) is 31.3 Å². The number of benzene rings is 1. The molecule has 0 radical (unpaired) electrons. The Morgan fingerprint density at radius 3 is 2.44 bits per heavy atom. The molecule has 2 rings (SSSR count). The number of nitrogens with zero attached hydrogens (tertiary/aromatic N) is 1. The van der Waals surface area contributed by atoms with E-state index >= 15 is 0 Å². The molecule has 0 aliphatic carbocycles. The number of hydrogen-bond acceptors (Lipinski definition) is 2. The molecule has 1 aromatic heterocycles. The van der Waals surface area contributed by atoms with Crippen molar-refractivity contribution < 1.29 is 0 Å². The van der Waals surface area contributed by atoms with Gasteiger partial charge in [-0.05, 0) is 31.0 Å². The minimum Gasteiger partial charge on any atom is -0.328 e. The topological polar surface area (TPSA) is 38.9 Å². The molecule has 0 aliphatic heterocycles. The zero-order valence-electron chi connectivity index (χ0n) is 9.43. The average Bonchev–Trinajstić information content (AvgIpc) is 2.30. The van der Waals surface area contributed by atoms with E-state index in [1.165, 1.54) is 5.56 Å². The number of pyridine rings is 1. The van der Waals surface area contributed by atoms with Crippen molar-refractivity contribution in [2.45, 2.75) is 19.4 Å². The van der Waals surface area contributed by atoms with Gasteiger partial charge in [-0.2, -0.15) is 0 Å². The maximum absolute atomic E-state index is 5.76. The second-order valence-electron chi connectivity index (χ2n) is 4.09. The standard InChI is InChI=1S/C14H16N2/c1-11(15)10-12-5-7-13(8-6-12)14-4-2-3-9-16-14/h2-9,11H,10,15H2,1H3. The molecule has 2 aromatic rings. The van der Waals surface area contributed by atoms with Crippen LogP contribution in [0, 0.1) is 0 Å². The van der Waals surface area contributed by atoms with Crippen molar-refractivity contribution in [1.29, 1.82) is 0 Å². The molecule has 0 fully saturated rings. The molecule has 0 saturated carbocycles. The minimum absolute atomic E-state index is 0.209. The molecular formula is C14H16N2. The fraction of sp³-hybridized carbons (Fsp3) is 0.214. The van der Waals surface area contributed by atoms with Gasteiger partial charge in [-0.3, -0.25) is 4.98 Å². The van der Waals surface area contributed by atoms with Crippen LogP contribution >= 0.6 is 0 Å². The third kappa shape index (κ3) is 2.67. The summed E-state index contributed by atoms with van der Waals surface area (Å²) in [5.74, 6) is 0. The molecule has 82 valence electrons. The van der Waals surface area contributed by atoms with Crippen LogP contribution in [0.5, 0.6) is 0 Å². The van der Waals surface area contributed by atoms with Crippen molar-refractivity contribution in [3.05, 3.63) is 54.2 Å². The molecule has 1 atom stereocenters. The van der Waals surface area contributed by atoms with E-state index in [4.69, 9.17) is 5.73 Å². The summed E-state index contributed by atoms with van der Waals surface area (Å²) in [6.45, 7) is 2.02. The first-order chi connectivity index (χ1) is 7.75. The molecule has 2 nitrogen and oxygen atoms in total. The summed E-state index contributed by atoms with van der Waals surface area (Å²) in [5, 5.41) is 0. The second kappa shape index (κ2) is 4.90. The van der Waals surface area contributed by atoms with Crippen molar-refractivity contribution >= 4 is 0 Å². The molecule has 0 aliphatic rings. The van der Waals surface area contributed by atoms with E-state index in [0.717, 1.165) is 17.7 Å². The molecule has 2 heteroatoms. The van der Waals surface area contributed by atoms with Gasteiger partial charge in [-0.15, -0.1) is 0 Å². The zero-order valence-corrected chi connectivity index (χ0v) is 9.43. The molecule has 0 bridgehead atoms. The predicted molar refractivity (Wildman–Crippen MR) is 67.0 cm³/mol. The molecule has 0 saturated heterocycles. The zero-order chi connectivity index (χ0) is 11.4. The van der Waals surface area contributed by atoms with Gasteiger partial charge >= 0.3 is 0 Å². The van der Waals surface area contributed by atoms with Crippen LogP contribution in [0.25, 0.3) is 11.3 Å². The number of aromatic nitrogens is 1. The summed E-state index contributed by atoms with van der Waals surface area (Å²) < 4.78 is 0. The van der Waals surface area contributed by atoms with Crippen LogP contribution in [0.3, 0.4) is 0 Å². The molecule has 1 heterocycles. The molecule has 2 N–H and O–H groups in total. The average molecular weight is 212 g/mol. The van der Waals surface area contributed by atoms with Crippen molar-refractivity contribution in [3.63, 3.8) is 0 Å². The SMILES string of the molecule is CC(N)Cc1ccc(-c2ccccn2)cc1. The lowest BCUT2D eigenvalue weighted by Gasteiger charge is -2.06. The summed E-state index contributed by atoms with van der Waals surface area (Å²) in [6.07, 6.45) is 2.73. The van der Waals surface area contributed by atoms with Gasteiger partial charge in [-0.1, -0.05) is 30.3 Å². The van der Waals surface area contributed by atoms with E-state index in [-0.39, 0.29) is 6.04 Å². The Balaban J connectivity index is 2.20.